The van der Waals surface area contributed by atoms with E-state index in [-0.39, 0.29) is 29.8 Å². The zero-order valence-electron chi connectivity index (χ0n) is 16.4. The predicted octanol–water partition coefficient (Wildman–Crippen LogP) is 3.46. The number of benzene rings is 2. The number of halogens is 1. The third-order valence-corrected chi connectivity index (χ3v) is 5.36. The molecule has 0 bridgehead atoms. The van der Waals surface area contributed by atoms with Crippen molar-refractivity contribution < 1.29 is 14.0 Å². The number of carbonyl (C=O) groups is 2. The molecule has 29 heavy (non-hydrogen) atoms. The molecule has 0 spiro atoms. The molecular weight excluding hydrogens is 371 g/mol. The fraction of sp³-hybridized carbons (Fsp3) is 0.364. The van der Waals surface area contributed by atoms with Crippen molar-refractivity contribution >= 4 is 23.3 Å². The summed E-state index contributed by atoms with van der Waals surface area (Å²) in [6.45, 7) is 3.58. The highest BCUT2D eigenvalue weighted by Crippen LogP contribution is 2.25. The first-order chi connectivity index (χ1) is 14.0. The van der Waals surface area contributed by atoms with Crippen LogP contribution in [0.2, 0.25) is 0 Å². The van der Waals surface area contributed by atoms with Crippen molar-refractivity contribution in [1.82, 2.24) is 10.2 Å². The van der Waals surface area contributed by atoms with Gasteiger partial charge >= 0.3 is 6.03 Å². The maximum absolute atomic E-state index is 14.1. The summed E-state index contributed by atoms with van der Waals surface area (Å²) in [5.41, 5.74) is 1.69. The molecule has 7 heteroatoms. The molecule has 2 aromatic carbocycles. The molecule has 1 atom stereocenters. The number of hydrogen-bond donors (Lipinski definition) is 2. The van der Waals surface area contributed by atoms with E-state index in [4.69, 9.17) is 0 Å². The Bertz CT molecular complexity index is 915. The molecule has 0 aromatic heterocycles. The van der Waals surface area contributed by atoms with Crippen LogP contribution in [0.5, 0.6) is 0 Å². The van der Waals surface area contributed by atoms with E-state index in [1.807, 2.05) is 17.9 Å². The third-order valence-electron chi connectivity index (χ3n) is 5.36. The number of nitrogens with one attached hydrogen (secondary N) is 2. The number of nitrogens with zero attached hydrogens (tertiary/aromatic N) is 2. The largest absolute Gasteiger partial charge is 0.363 e. The molecule has 2 fully saturated rings. The summed E-state index contributed by atoms with van der Waals surface area (Å²) in [5, 5.41) is 5.65. The van der Waals surface area contributed by atoms with E-state index in [2.05, 4.69) is 10.6 Å². The number of piperazine rings is 1. The number of anilines is 2. The monoisotopic (exact) mass is 396 g/mol. The lowest BCUT2D eigenvalue weighted by molar-refractivity contribution is 0.0726. The number of rotatable bonds is 4. The highest BCUT2D eigenvalue weighted by molar-refractivity contribution is 5.97. The Morgan fingerprint density at radius 3 is 2.59 bits per heavy atom. The van der Waals surface area contributed by atoms with Gasteiger partial charge in [0.2, 0.25) is 0 Å². The minimum absolute atomic E-state index is 0.00442. The summed E-state index contributed by atoms with van der Waals surface area (Å²) < 4.78 is 14.1. The summed E-state index contributed by atoms with van der Waals surface area (Å²) in [6, 6.07) is 13.7. The van der Waals surface area contributed by atoms with Crippen molar-refractivity contribution in [2.45, 2.75) is 31.8 Å². The molecule has 0 unspecified atom stereocenters. The number of urea groups is 1. The molecule has 2 N–H and O–H groups in total. The van der Waals surface area contributed by atoms with Crippen LogP contribution in [-0.4, -0.2) is 48.6 Å². The van der Waals surface area contributed by atoms with Gasteiger partial charge in [-0.15, -0.1) is 0 Å². The molecule has 4 rings (SSSR count). The van der Waals surface area contributed by atoms with Crippen molar-refractivity contribution in [3.8, 4) is 0 Å². The Labute approximate surface area is 169 Å². The summed E-state index contributed by atoms with van der Waals surface area (Å²) in [4.78, 5) is 28.7. The summed E-state index contributed by atoms with van der Waals surface area (Å²) in [7, 11) is 0. The van der Waals surface area contributed by atoms with Crippen LogP contribution < -0.4 is 15.5 Å². The zero-order chi connectivity index (χ0) is 20.4. The van der Waals surface area contributed by atoms with Crippen molar-refractivity contribution in [1.29, 1.82) is 0 Å². The summed E-state index contributed by atoms with van der Waals surface area (Å²) in [6.07, 6.45) is 2.03. The molecule has 0 radical (unpaired) electrons. The SMILES string of the molecule is C[C@@H]1CN(C(=O)c2cccc(NC(=O)NC3CC3)c2)CCN1c1ccccc1F. The first kappa shape index (κ1) is 19.2. The summed E-state index contributed by atoms with van der Waals surface area (Å²) >= 11 is 0. The minimum atomic E-state index is -0.248. The number of para-hydroxylation sites is 1. The Morgan fingerprint density at radius 1 is 1.07 bits per heavy atom. The average Bonchev–Trinajstić information content (AvgIpc) is 3.52. The van der Waals surface area contributed by atoms with Crippen molar-refractivity contribution in [2.75, 3.05) is 29.9 Å². The van der Waals surface area contributed by atoms with Crippen molar-refractivity contribution in [3.63, 3.8) is 0 Å². The maximum Gasteiger partial charge on any atom is 0.319 e. The van der Waals surface area contributed by atoms with Gasteiger partial charge in [-0.25, -0.2) is 9.18 Å². The molecule has 3 amide bonds. The van der Waals surface area contributed by atoms with Crippen molar-refractivity contribution in [3.05, 3.63) is 59.9 Å². The van der Waals surface area contributed by atoms with Crippen LogP contribution >= 0.6 is 0 Å². The topological polar surface area (TPSA) is 64.7 Å². The van der Waals surface area contributed by atoms with Gasteiger partial charge in [-0.3, -0.25) is 4.79 Å². The highest BCUT2D eigenvalue weighted by Gasteiger charge is 2.29. The quantitative estimate of drug-likeness (QED) is 0.832. The van der Waals surface area contributed by atoms with E-state index >= 15 is 0 Å². The Kier molecular flexibility index (Phi) is 5.38. The van der Waals surface area contributed by atoms with Gasteiger partial charge < -0.3 is 20.4 Å². The van der Waals surface area contributed by atoms with E-state index in [1.54, 1.807) is 41.3 Å². The molecular formula is C22H25FN4O2. The molecule has 2 aromatic rings. The normalized spacial score (nSPS) is 19.0. The van der Waals surface area contributed by atoms with Crippen molar-refractivity contribution in [2.24, 2.45) is 0 Å². The molecule has 1 aliphatic carbocycles. The van der Waals surface area contributed by atoms with Crippen LogP contribution in [0.4, 0.5) is 20.6 Å². The van der Waals surface area contributed by atoms with Crippen LogP contribution in [0, 0.1) is 5.82 Å². The average molecular weight is 396 g/mol. The van der Waals surface area contributed by atoms with Gasteiger partial charge in [0.25, 0.3) is 5.91 Å². The predicted molar refractivity (Wildman–Crippen MR) is 111 cm³/mol. The number of hydrogen-bond acceptors (Lipinski definition) is 3. The number of carbonyl (C=O) groups excluding carboxylic acids is 2. The second kappa shape index (κ2) is 8.11. The van der Waals surface area contributed by atoms with Crippen LogP contribution in [0.15, 0.2) is 48.5 Å². The van der Waals surface area contributed by atoms with E-state index in [9.17, 15) is 14.0 Å². The zero-order valence-corrected chi connectivity index (χ0v) is 16.4. The van der Waals surface area contributed by atoms with Gasteiger partial charge in [0, 0.05) is 43.0 Å². The lowest BCUT2D eigenvalue weighted by Crippen LogP contribution is -2.54. The second-order valence-corrected chi connectivity index (χ2v) is 7.70. The fourth-order valence-electron chi connectivity index (χ4n) is 3.68. The molecule has 1 aliphatic heterocycles. The first-order valence-electron chi connectivity index (χ1n) is 9.99. The molecule has 152 valence electrons. The standard InChI is InChI=1S/C22H25FN4O2/c1-15-14-26(11-12-27(15)20-8-3-2-7-19(20)23)21(28)16-5-4-6-18(13-16)25-22(29)24-17-9-10-17/h2-8,13,15,17H,9-12,14H2,1H3,(H2,24,25,29)/t15-/m1/s1. The molecule has 6 nitrogen and oxygen atoms in total. The van der Waals surface area contributed by atoms with Crippen LogP contribution in [0.25, 0.3) is 0 Å². The summed E-state index contributed by atoms with van der Waals surface area (Å²) in [5.74, 6) is -0.335. The van der Waals surface area contributed by atoms with Gasteiger partial charge in [-0.1, -0.05) is 18.2 Å². The van der Waals surface area contributed by atoms with Crippen LogP contribution in [0.1, 0.15) is 30.1 Å². The molecule has 1 heterocycles. The maximum atomic E-state index is 14.1. The highest BCUT2D eigenvalue weighted by atomic mass is 19.1. The van der Waals surface area contributed by atoms with Gasteiger partial charge in [0.05, 0.1) is 5.69 Å². The molecule has 2 aliphatic rings. The van der Waals surface area contributed by atoms with E-state index in [1.165, 1.54) is 6.07 Å². The van der Waals surface area contributed by atoms with E-state index in [0.29, 0.717) is 36.6 Å². The molecule has 1 saturated heterocycles. The van der Waals surface area contributed by atoms with Gasteiger partial charge in [0.15, 0.2) is 0 Å². The fourth-order valence-corrected chi connectivity index (χ4v) is 3.68. The smallest absolute Gasteiger partial charge is 0.319 e. The first-order valence-corrected chi connectivity index (χ1v) is 9.99. The van der Waals surface area contributed by atoms with E-state index in [0.717, 1.165) is 12.8 Å². The molecule has 1 saturated carbocycles. The van der Waals surface area contributed by atoms with Crippen LogP contribution in [-0.2, 0) is 0 Å². The Hall–Kier alpha value is -3.09. The van der Waals surface area contributed by atoms with E-state index < -0.39 is 0 Å². The van der Waals surface area contributed by atoms with Gasteiger partial charge in [0.1, 0.15) is 5.82 Å². The van der Waals surface area contributed by atoms with Gasteiger partial charge in [-0.2, -0.15) is 0 Å². The third kappa shape index (κ3) is 4.50. The van der Waals surface area contributed by atoms with Crippen LogP contribution in [0.3, 0.4) is 0 Å². The lowest BCUT2D eigenvalue weighted by Gasteiger charge is -2.41. The Balaban J connectivity index is 1.40. The second-order valence-electron chi connectivity index (χ2n) is 7.70. The Morgan fingerprint density at radius 2 is 1.86 bits per heavy atom. The minimum Gasteiger partial charge on any atom is -0.363 e. The van der Waals surface area contributed by atoms with Gasteiger partial charge in [-0.05, 0) is 50.1 Å². The lowest BCUT2D eigenvalue weighted by atomic mass is 10.1. The number of amides is 3.